The van der Waals surface area contributed by atoms with E-state index in [0.29, 0.717) is 0 Å². The van der Waals surface area contributed by atoms with E-state index in [-0.39, 0.29) is 0 Å². The molecule has 0 bridgehead atoms. The first kappa shape index (κ1) is 35.6. The SMILES string of the molecule is Brc1ccc2c(-c3ccc(C=C(c4ccccc4)c4ccccc4)cc3)c3cc(Br)ccc3c(-c3ccc(C=C(c4ccccc4)c4ccccc4)cc3)c2c1. The highest BCUT2D eigenvalue weighted by Gasteiger charge is 2.18. The normalized spacial score (nSPS) is 11.0. The summed E-state index contributed by atoms with van der Waals surface area (Å²) in [6, 6.07) is 74.0. The minimum atomic E-state index is 1.05. The summed E-state index contributed by atoms with van der Waals surface area (Å²) in [5.74, 6) is 0. The molecule has 0 heterocycles. The van der Waals surface area contributed by atoms with E-state index in [1.54, 1.807) is 0 Å². The van der Waals surface area contributed by atoms with Crippen molar-refractivity contribution >= 4 is 76.7 Å². The smallest absolute Gasteiger partial charge is 0.0181 e. The van der Waals surface area contributed by atoms with Gasteiger partial charge in [-0.15, -0.1) is 0 Å². The Morgan fingerprint density at radius 1 is 0.304 bits per heavy atom. The summed E-state index contributed by atoms with van der Waals surface area (Å²) >= 11 is 7.66. The molecule has 2 heteroatoms. The van der Waals surface area contributed by atoms with Gasteiger partial charge in [-0.1, -0.05) is 214 Å². The van der Waals surface area contributed by atoms with E-state index in [0.717, 1.165) is 20.1 Å². The molecule has 0 saturated heterocycles. The summed E-state index contributed by atoms with van der Waals surface area (Å²) in [6.07, 6.45) is 4.59. The molecule has 0 saturated carbocycles. The van der Waals surface area contributed by atoms with Gasteiger partial charge < -0.3 is 0 Å². The highest BCUT2D eigenvalue weighted by atomic mass is 79.9. The minimum Gasteiger partial charge on any atom is -0.0622 e. The molecule has 0 aliphatic heterocycles. The van der Waals surface area contributed by atoms with Gasteiger partial charge in [-0.05, 0) is 125 Å². The highest BCUT2D eigenvalue weighted by molar-refractivity contribution is 9.10. The van der Waals surface area contributed by atoms with Crippen LogP contribution < -0.4 is 0 Å². The molecule has 0 amide bonds. The maximum Gasteiger partial charge on any atom is 0.0181 e. The molecule has 0 radical (unpaired) electrons. The van der Waals surface area contributed by atoms with Gasteiger partial charge >= 0.3 is 0 Å². The molecular weight excluding hydrogens is 808 g/mol. The summed E-state index contributed by atoms with van der Waals surface area (Å²) in [6.45, 7) is 0. The highest BCUT2D eigenvalue weighted by Crippen LogP contribution is 2.45. The molecular formula is C54H36Br2. The number of rotatable bonds is 8. The van der Waals surface area contributed by atoms with Crippen LogP contribution in [0.15, 0.2) is 215 Å². The van der Waals surface area contributed by atoms with Crippen molar-refractivity contribution in [1.82, 2.24) is 0 Å². The van der Waals surface area contributed by atoms with Crippen LogP contribution in [0.25, 0.3) is 67.1 Å². The summed E-state index contributed by atoms with van der Waals surface area (Å²) in [5.41, 5.74) is 14.3. The van der Waals surface area contributed by atoms with Gasteiger partial charge in [0, 0.05) is 8.95 Å². The molecule has 0 atom stereocenters. The Hall–Kier alpha value is -6.06. The van der Waals surface area contributed by atoms with Gasteiger partial charge in [-0.25, -0.2) is 0 Å². The average molecular weight is 845 g/mol. The fourth-order valence-electron chi connectivity index (χ4n) is 7.76. The molecule has 9 aromatic rings. The molecule has 0 aliphatic rings. The largest absolute Gasteiger partial charge is 0.0622 e. The predicted molar refractivity (Wildman–Crippen MR) is 247 cm³/mol. The van der Waals surface area contributed by atoms with Crippen LogP contribution in [0.3, 0.4) is 0 Å². The van der Waals surface area contributed by atoms with Crippen LogP contribution in [0, 0.1) is 0 Å². The van der Waals surface area contributed by atoms with Gasteiger partial charge in [0.2, 0.25) is 0 Å². The maximum atomic E-state index is 3.83. The van der Waals surface area contributed by atoms with Crippen molar-refractivity contribution < 1.29 is 0 Å². The first-order valence-corrected chi connectivity index (χ1v) is 20.4. The van der Waals surface area contributed by atoms with Gasteiger partial charge in [0.05, 0.1) is 0 Å². The average Bonchev–Trinajstić information content (AvgIpc) is 3.26. The monoisotopic (exact) mass is 842 g/mol. The Morgan fingerprint density at radius 3 is 0.911 bits per heavy atom. The first-order valence-electron chi connectivity index (χ1n) is 18.8. The molecule has 0 spiro atoms. The first-order chi connectivity index (χ1) is 27.6. The summed E-state index contributed by atoms with van der Waals surface area (Å²) in [7, 11) is 0. The number of hydrogen-bond donors (Lipinski definition) is 0. The fraction of sp³-hybridized carbons (Fsp3) is 0. The van der Waals surface area contributed by atoms with E-state index in [1.165, 1.54) is 77.2 Å². The maximum absolute atomic E-state index is 3.83. The number of halogens is 2. The Morgan fingerprint density at radius 2 is 0.607 bits per heavy atom. The van der Waals surface area contributed by atoms with Crippen LogP contribution in [0.2, 0.25) is 0 Å². The van der Waals surface area contributed by atoms with Crippen molar-refractivity contribution in [3.05, 3.63) is 249 Å². The van der Waals surface area contributed by atoms with Crippen molar-refractivity contribution in [3.63, 3.8) is 0 Å². The molecule has 56 heavy (non-hydrogen) atoms. The lowest BCUT2D eigenvalue weighted by Crippen LogP contribution is -1.92. The predicted octanol–water partition coefficient (Wildman–Crippen LogP) is 16.0. The quantitative estimate of drug-likeness (QED) is 0.106. The van der Waals surface area contributed by atoms with Gasteiger partial charge in [0.1, 0.15) is 0 Å². The van der Waals surface area contributed by atoms with Crippen molar-refractivity contribution in [2.24, 2.45) is 0 Å². The van der Waals surface area contributed by atoms with E-state index in [4.69, 9.17) is 0 Å². The van der Waals surface area contributed by atoms with Gasteiger partial charge in [0.15, 0.2) is 0 Å². The Labute approximate surface area is 345 Å². The lowest BCUT2D eigenvalue weighted by atomic mass is 9.85. The second kappa shape index (κ2) is 16.0. The van der Waals surface area contributed by atoms with Crippen LogP contribution in [-0.4, -0.2) is 0 Å². The molecule has 266 valence electrons. The lowest BCUT2D eigenvalue weighted by molar-refractivity contribution is 1.55. The zero-order valence-electron chi connectivity index (χ0n) is 30.5. The molecule has 0 N–H and O–H groups in total. The molecule has 0 fully saturated rings. The van der Waals surface area contributed by atoms with Gasteiger partial charge in [-0.3, -0.25) is 0 Å². The van der Waals surface area contributed by atoms with Crippen molar-refractivity contribution in [2.75, 3.05) is 0 Å². The molecule has 0 aromatic heterocycles. The lowest BCUT2D eigenvalue weighted by Gasteiger charge is -2.19. The fourth-order valence-corrected chi connectivity index (χ4v) is 8.48. The molecule has 9 aromatic carbocycles. The third kappa shape index (κ3) is 7.34. The van der Waals surface area contributed by atoms with Crippen molar-refractivity contribution in [2.45, 2.75) is 0 Å². The molecule has 9 rings (SSSR count). The Bertz CT molecular complexity index is 2570. The van der Waals surface area contributed by atoms with Crippen molar-refractivity contribution in [3.8, 4) is 22.3 Å². The standard InChI is InChI=1S/C54H36Br2/c55-45-30-32-48-51(35-45)53(43-25-21-37(22-26-43)33-49(39-13-5-1-6-14-39)40-15-7-2-8-16-40)47-31-29-46(56)36-52(47)54(48)44-27-23-38(24-28-44)34-50(41-17-9-3-10-18-41)42-19-11-4-12-20-42/h1-36H. The molecule has 0 unspecified atom stereocenters. The van der Waals surface area contributed by atoms with Crippen LogP contribution in [0.4, 0.5) is 0 Å². The van der Waals surface area contributed by atoms with E-state index < -0.39 is 0 Å². The second-order valence-electron chi connectivity index (χ2n) is 14.0. The van der Waals surface area contributed by atoms with E-state index in [9.17, 15) is 0 Å². The van der Waals surface area contributed by atoms with Crippen LogP contribution >= 0.6 is 31.9 Å². The van der Waals surface area contributed by atoms with E-state index >= 15 is 0 Å². The summed E-state index contributed by atoms with van der Waals surface area (Å²) in [5, 5.41) is 4.85. The molecule has 0 nitrogen and oxygen atoms in total. The van der Waals surface area contributed by atoms with E-state index in [2.05, 4.69) is 250 Å². The second-order valence-corrected chi connectivity index (χ2v) is 15.8. The number of hydrogen-bond acceptors (Lipinski definition) is 0. The number of benzene rings is 9. The number of fused-ring (bicyclic) bond motifs is 2. The zero-order valence-corrected chi connectivity index (χ0v) is 33.7. The third-order valence-electron chi connectivity index (χ3n) is 10.4. The zero-order chi connectivity index (χ0) is 37.8. The van der Waals surface area contributed by atoms with E-state index in [1.807, 2.05) is 0 Å². The molecule has 0 aliphatic carbocycles. The minimum absolute atomic E-state index is 1.05. The Kier molecular flexibility index (Phi) is 10.2. The third-order valence-corrected chi connectivity index (χ3v) is 11.4. The van der Waals surface area contributed by atoms with Gasteiger partial charge in [-0.2, -0.15) is 0 Å². The van der Waals surface area contributed by atoms with Crippen LogP contribution in [0.5, 0.6) is 0 Å². The summed E-state index contributed by atoms with van der Waals surface area (Å²) in [4.78, 5) is 0. The van der Waals surface area contributed by atoms with Crippen LogP contribution in [0.1, 0.15) is 33.4 Å². The van der Waals surface area contributed by atoms with Gasteiger partial charge in [0.25, 0.3) is 0 Å². The topological polar surface area (TPSA) is 0 Å². The van der Waals surface area contributed by atoms with Crippen molar-refractivity contribution in [1.29, 1.82) is 0 Å². The summed E-state index contributed by atoms with van der Waals surface area (Å²) < 4.78 is 2.11. The Balaban J connectivity index is 1.16. The van der Waals surface area contributed by atoms with Crippen LogP contribution in [-0.2, 0) is 0 Å².